The highest BCUT2D eigenvalue weighted by atomic mass is 16.5. The Hall–Kier alpha value is -0.890. The zero-order valence-electron chi connectivity index (χ0n) is 15.6. The molecule has 0 N–H and O–H groups in total. The summed E-state index contributed by atoms with van der Waals surface area (Å²) in [6, 6.07) is 2.29. The molecule has 2 nitrogen and oxygen atoms in total. The van der Waals surface area contributed by atoms with E-state index < -0.39 is 0 Å². The first-order chi connectivity index (χ1) is 10.2. The van der Waals surface area contributed by atoms with E-state index in [2.05, 4.69) is 61.5 Å². The SMILES string of the molecule is Cc1cc(C(C)C)c2c(n1)[C@H](C)O[C@H](C)[C@H](C)CC2C(C)C. The molecule has 1 aliphatic rings. The van der Waals surface area contributed by atoms with Crippen molar-refractivity contribution in [3.8, 4) is 0 Å². The lowest BCUT2D eigenvalue weighted by molar-refractivity contribution is -0.0330. The molecule has 0 amide bonds. The summed E-state index contributed by atoms with van der Waals surface area (Å²) in [6.45, 7) is 18.1. The third-order valence-corrected chi connectivity index (χ3v) is 5.28. The van der Waals surface area contributed by atoms with E-state index in [0.717, 1.165) is 5.69 Å². The first-order valence-electron chi connectivity index (χ1n) is 8.89. The molecule has 0 saturated heterocycles. The molecule has 4 atom stereocenters. The van der Waals surface area contributed by atoms with Gasteiger partial charge in [-0.1, -0.05) is 34.6 Å². The molecular formula is C20H33NO. The van der Waals surface area contributed by atoms with Crippen LogP contribution < -0.4 is 0 Å². The summed E-state index contributed by atoms with van der Waals surface area (Å²) in [5.41, 5.74) is 5.24. The minimum Gasteiger partial charge on any atom is -0.369 e. The van der Waals surface area contributed by atoms with Crippen molar-refractivity contribution in [2.45, 2.75) is 85.9 Å². The van der Waals surface area contributed by atoms with Crippen molar-refractivity contribution in [2.75, 3.05) is 0 Å². The molecule has 2 heterocycles. The van der Waals surface area contributed by atoms with E-state index in [1.807, 2.05) is 0 Å². The van der Waals surface area contributed by atoms with Crippen LogP contribution in [0.25, 0.3) is 0 Å². The zero-order chi connectivity index (χ0) is 16.6. The highest BCUT2D eigenvalue weighted by Crippen LogP contribution is 2.43. The normalized spacial score (nSPS) is 29.4. The highest BCUT2D eigenvalue weighted by molar-refractivity contribution is 5.39. The summed E-state index contributed by atoms with van der Waals surface area (Å²) in [7, 11) is 0. The maximum atomic E-state index is 6.29. The van der Waals surface area contributed by atoms with Crippen molar-refractivity contribution in [3.63, 3.8) is 0 Å². The summed E-state index contributed by atoms with van der Waals surface area (Å²) in [5, 5.41) is 0. The van der Waals surface area contributed by atoms with Gasteiger partial charge in [0.15, 0.2) is 0 Å². The molecule has 0 bridgehead atoms. The smallest absolute Gasteiger partial charge is 0.0973 e. The van der Waals surface area contributed by atoms with Crippen LogP contribution >= 0.6 is 0 Å². The topological polar surface area (TPSA) is 22.1 Å². The van der Waals surface area contributed by atoms with Crippen LogP contribution in [0.4, 0.5) is 0 Å². The quantitative estimate of drug-likeness (QED) is 0.693. The van der Waals surface area contributed by atoms with Gasteiger partial charge in [-0.25, -0.2) is 0 Å². The van der Waals surface area contributed by atoms with Gasteiger partial charge in [-0.05, 0) is 68.1 Å². The number of hydrogen-bond acceptors (Lipinski definition) is 2. The molecule has 0 aliphatic carbocycles. The molecule has 1 aromatic rings. The molecule has 22 heavy (non-hydrogen) atoms. The van der Waals surface area contributed by atoms with E-state index in [0.29, 0.717) is 23.7 Å². The van der Waals surface area contributed by atoms with Gasteiger partial charge in [0.25, 0.3) is 0 Å². The Morgan fingerprint density at radius 2 is 1.77 bits per heavy atom. The summed E-state index contributed by atoms with van der Waals surface area (Å²) < 4.78 is 6.29. The minimum absolute atomic E-state index is 0.0754. The number of aryl methyl sites for hydroxylation is 1. The Bertz CT molecular complexity index is 521. The highest BCUT2D eigenvalue weighted by Gasteiger charge is 2.33. The molecule has 2 heteroatoms. The maximum Gasteiger partial charge on any atom is 0.0973 e. The molecule has 0 radical (unpaired) electrons. The maximum absolute atomic E-state index is 6.29. The van der Waals surface area contributed by atoms with Crippen LogP contribution in [-0.4, -0.2) is 11.1 Å². The predicted molar refractivity (Wildman–Crippen MR) is 93.4 cm³/mol. The standard InChI is InChI=1S/C20H33NO/c1-11(2)17-9-13(5)15(7)22-16(8)20-19(17)18(12(3)4)10-14(6)21-20/h10-13,15-17H,9H2,1-8H3/t13-,15-,16+,17?/m1/s1. The molecule has 1 aliphatic heterocycles. The molecule has 2 rings (SSSR count). The van der Waals surface area contributed by atoms with Crippen LogP contribution in [0, 0.1) is 18.8 Å². The van der Waals surface area contributed by atoms with Crippen molar-refractivity contribution in [2.24, 2.45) is 11.8 Å². The van der Waals surface area contributed by atoms with Crippen molar-refractivity contribution in [3.05, 3.63) is 28.6 Å². The second-order valence-corrected chi connectivity index (χ2v) is 7.85. The molecular weight excluding hydrogens is 270 g/mol. The first-order valence-corrected chi connectivity index (χ1v) is 8.89. The van der Waals surface area contributed by atoms with E-state index in [9.17, 15) is 0 Å². The lowest BCUT2D eigenvalue weighted by atomic mass is 9.75. The van der Waals surface area contributed by atoms with Crippen molar-refractivity contribution in [1.29, 1.82) is 0 Å². The van der Waals surface area contributed by atoms with Crippen LogP contribution in [0.5, 0.6) is 0 Å². The third kappa shape index (κ3) is 3.37. The second kappa shape index (κ2) is 6.70. The monoisotopic (exact) mass is 303 g/mol. The number of ether oxygens (including phenoxy) is 1. The number of pyridine rings is 1. The van der Waals surface area contributed by atoms with Crippen molar-refractivity contribution >= 4 is 0 Å². The largest absolute Gasteiger partial charge is 0.369 e. The average Bonchev–Trinajstić information content (AvgIpc) is 2.42. The zero-order valence-corrected chi connectivity index (χ0v) is 15.6. The van der Waals surface area contributed by atoms with Gasteiger partial charge >= 0.3 is 0 Å². The number of aromatic nitrogens is 1. The lowest BCUT2D eigenvalue weighted by Gasteiger charge is -2.37. The van der Waals surface area contributed by atoms with Crippen LogP contribution in [0.3, 0.4) is 0 Å². The summed E-state index contributed by atoms with van der Waals surface area (Å²) in [4.78, 5) is 4.91. The number of rotatable bonds is 2. The molecule has 1 unspecified atom stereocenters. The van der Waals surface area contributed by atoms with Crippen molar-refractivity contribution < 1.29 is 4.74 Å². The fourth-order valence-electron chi connectivity index (χ4n) is 3.76. The van der Waals surface area contributed by atoms with Gasteiger partial charge in [0.05, 0.1) is 17.9 Å². The van der Waals surface area contributed by atoms with E-state index in [4.69, 9.17) is 9.72 Å². The summed E-state index contributed by atoms with van der Waals surface area (Å²) in [5.74, 6) is 2.30. The minimum atomic E-state index is 0.0754. The van der Waals surface area contributed by atoms with Gasteiger partial charge in [0.2, 0.25) is 0 Å². The van der Waals surface area contributed by atoms with E-state index in [1.165, 1.54) is 23.2 Å². The molecule has 0 spiro atoms. The Kier molecular flexibility index (Phi) is 5.32. The number of fused-ring (bicyclic) bond motifs is 1. The van der Waals surface area contributed by atoms with Crippen molar-refractivity contribution in [1.82, 2.24) is 4.98 Å². The van der Waals surface area contributed by atoms with Crippen LogP contribution in [0.2, 0.25) is 0 Å². The van der Waals surface area contributed by atoms with Gasteiger partial charge in [0.1, 0.15) is 0 Å². The Labute approximate surface area is 136 Å². The number of hydrogen-bond donors (Lipinski definition) is 0. The van der Waals surface area contributed by atoms with Gasteiger partial charge in [-0.3, -0.25) is 4.98 Å². The Morgan fingerprint density at radius 1 is 1.14 bits per heavy atom. The average molecular weight is 303 g/mol. The Balaban J connectivity index is 2.68. The van der Waals surface area contributed by atoms with Gasteiger partial charge in [0, 0.05) is 5.69 Å². The first kappa shape index (κ1) is 17.5. The fraction of sp³-hybridized carbons (Fsp3) is 0.750. The van der Waals surface area contributed by atoms with Gasteiger partial charge in [-0.2, -0.15) is 0 Å². The molecule has 0 fully saturated rings. The van der Waals surface area contributed by atoms with Crippen LogP contribution in [0.1, 0.15) is 95.3 Å². The van der Waals surface area contributed by atoms with E-state index in [-0.39, 0.29) is 12.2 Å². The summed E-state index contributed by atoms with van der Waals surface area (Å²) in [6.07, 6.45) is 1.55. The van der Waals surface area contributed by atoms with E-state index in [1.54, 1.807) is 0 Å². The van der Waals surface area contributed by atoms with Crippen LogP contribution in [-0.2, 0) is 4.74 Å². The molecule has 1 aromatic heterocycles. The predicted octanol–water partition coefficient (Wildman–Crippen LogP) is 5.76. The molecule has 124 valence electrons. The fourth-order valence-corrected chi connectivity index (χ4v) is 3.76. The molecule has 0 saturated carbocycles. The third-order valence-electron chi connectivity index (χ3n) is 5.28. The summed E-state index contributed by atoms with van der Waals surface area (Å²) >= 11 is 0. The van der Waals surface area contributed by atoms with Gasteiger partial charge < -0.3 is 4.74 Å². The van der Waals surface area contributed by atoms with Crippen LogP contribution in [0.15, 0.2) is 6.07 Å². The van der Waals surface area contributed by atoms with Gasteiger partial charge in [-0.15, -0.1) is 0 Å². The lowest BCUT2D eigenvalue weighted by Crippen LogP contribution is -2.29. The Morgan fingerprint density at radius 3 is 2.32 bits per heavy atom. The second-order valence-electron chi connectivity index (χ2n) is 7.85. The number of nitrogens with zero attached hydrogens (tertiary/aromatic N) is 1. The molecule has 0 aromatic carbocycles. The van der Waals surface area contributed by atoms with E-state index >= 15 is 0 Å².